The van der Waals surface area contributed by atoms with Crippen molar-refractivity contribution in [2.24, 2.45) is 17.8 Å². The van der Waals surface area contributed by atoms with Crippen molar-refractivity contribution < 1.29 is 4.79 Å². The van der Waals surface area contributed by atoms with Crippen LogP contribution in [0.2, 0.25) is 0 Å². The van der Waals surface area contributed by atoms with Crippen molar-refractivity contribution in [1.29, 1.82) is 0 Å². The summed E-state index contributed by atoms with van der Waals surface area (Å²) in [7, 11) is 0. The van der Waals surface area contributed by atoms with Crippen molar-refractivity contribution in [3.63, 3.8) is 0 Å². The Morgan fingerprint density at radius 3 is 2.47 bits per heavy atom. The number of benzene rings is 1. The van der Waals surface area contributed by atoms with Crippen LogP contribution < -0.4 is 5.32 Å². The Bertz CT molecular complexity index is 364. The van der Waals surface area contributed by atoms with E-state index in [-0.39, 0.29) is 18.3 Å². The SMILES string of the molecule is CC(C)C1CNCC1C(=O)c1ccccc1.Cl. The second-order valence-electron chi connectivity index (χ2n) is 4.90. The zero-order valence-corrected chi connectivity index (χ0v) is 11.2. The summed E-state index contributed by atoms with van der Waals surface area (Å²) in [5, 5.41) is 3.33. The van der Waals surface area contributed by atoms with E-state index in [0.29, 0.717) is 17.6 Å². The van der Waals surface area contributed by atoms with E-state index in [1.807, 2.05) is 30.3 Å². The van der Waals surface area contributed by atoms with Gasteiger partial charge in [-0.05, 0) is 18.4 Å². The van der Waals surface area contributed by atoms with Crippen LogP contribution in [0.4, 0.5) is 0 Å². The fourth-order valence-corrected chi connectivity index (χ4v) is 2.50. The van der Waals surface area contributed by atoms with E-state index in [2.05, 4.69) is 19.2 Å². The Kier molecular flexibility index (Phi) is 5.16. The summed E-state index contributed by atoms with van der Waals surface area (Å²) < 4.78 is 0. The first-order valence-corrected chi connectivity index (χ1v) is 6.00. The molecule has 0 amide bonds. The van der Waals surface area contributed by atoms with Gasteiger partial charge >= 0.3 is 0 Å². The number of hydrogen-bond acceptors (Lipinski definition) is 2. The van der Waals surface area contributed by atoms with E-state index < -0.39 is 0 Å². The van der Waals surface area contributed by atoms with Gasteiger partial charge in [-0.3, -0.25) is 4.79 Å². The molecule has 2 atom stereocenters. The number of hydrogen-bond donors (Lipinski definition) is 1. The second kappa shape index (κ2) is 6.18. The number of rotatable bonds is 3. The number of halogens is 1. The fourth-order valence-electron chi connectivity index (χ4n) is 2.50. The molecule has 0 aliphatic carbocycles. The lowest BCUT2D eigenvalue weighted by molar-refractivity contribution is 0.0884. The molecule has 1 fully saturated rings. The van der Waals surface area contributed by atoms with E-state index >= 15 is 0 Å². The first kappa shape index (κ1) is 14.2. The number of carbonyl (C=O) groups is 1. The maximum absolute atomic E-state index is 12.3. The van der Waals surface area contributed by atoms with Crippen LogP contribution in [0.15, 0.2) is 30.3 Å². The Morgan fingerprint density at radius 1 is 1.24 bits per heavy atom. The molecule has 0 saturated carbocycles. The average molecular weight is 254 g/mol. The lowest BCUT2D eigenvalue weighted by Crippen LogP contribution is -2.26. The highest BCUT2D eigenvalue weighted by molar-refractivity contribution is 5.98. The van der Waals surface area contributed by atoms with Crippen molar-refractivity contribution in [3.05, 3.63) is 35.9 Å². The van der Waals surface area contributed by atoms with Gasteiger partial charge in [-0.1, -0.05) is 44.2 Å². The van der Waals surface area contributed by atoms with E-state index in [0.717, 1.165) is 18.7 Å². The molecule has 1 saturated heterocycles. The van der Waals surface area contributed by atoms with Gasteiger partial charge < -0.3 is 5.32 Å². The third-order valence-corrected chi connectivity index (χ3v) is 3.51. The highest BCUT2D eigenvalue weighted by Crippen LogP contribution is 2.27. The summed E-state index contributed by atoms with van der Waals surface area (Å²) in [5.41, 5.74) is 0.849. The van der Waals surface area contributed by atoms with Crippen molar-refractivity contribution >= 4 is 18.2 Å². The highest BCUT2D eigenvalue weighted by Gasteiger charge is 2.34. The minimum atomic E-state index is 0. The zero-order valence-electron chi connectivity index (χ0n) is 10.3. The number of ketones is 1. The molecule has 0 aromatic heterocycles. The van der Waals surface area contributed by atoms with E-state index in [1.165, 1.54) is 0 Å². The van der Waals surface area contributed by atoms with Crippen molar-refractivity contribution in [3.8, 4) is 0 Å². The van der Waals surface area contributed by atoms with Gasteiger partial charge in [0.05, 0.1) is 0 Å². The normalized spacial score (nSPS) is 23.5. The van der Waals surface area contributed by atoms with Crippen LogP contribution in [-0.4, -0.2) is 18.9 Å². The Labute approximate surface area is 109 Å². The van der Waals surface area contributed by atoms with Gasteiger partial charge in [-0.25, -0.2) is 0 Å². The lowest BCUT2D eigenvalue weighted by atomic mass is 9.82. The van der Waals surface area contributed by atoms with Crippen LogP contribution in [-0.2, 0) is 0 Å². The minimum Gasteiger partial charge on any atom is -0.316 e. The predicted molar refractivity (Wildman–Crippen MR) is 72.7 cm³/mol. The molecule has 0 radical (unpaired) electrons. The van der Waals surface area contributed by atoms with Crippen LogP contribution in [0, 0.1) is 17.8 Å². The summed E-state index contributed by atoms with van der Waals surface area (Å²) in [4.78, 5) is 12.3. The smallest absolute Gasteiger partial charge is 0.167 e. The van der Waals surface area contributed by atoms with Crippen LogP contribution >= 0.6 is 12.4 Å². The molecule has 17 heavy (non-hydrogen) atoms. The molecular weight excluding hydrogens is 234 g/mol. The molecule has 1 aromatic rings. The summed E-state index contributed by atoms with van der Waals surface area (Å²) in [6.07, 6.45) is 0. The highest BCUT2D eigenvalue weighted by atomic mass is 35.5. The Hall–Kier alpha value is -0.860. The minimum absolute atomic E-state index is 0. The quantitative estimate of drug-likeness (QED) is 0.840. The average Bonchev–Trinajstić information content (AvgIpc) is 2.78. The van der Waals surface area contributed by atoms with Crippen LogP contribution in [0.5, 0.6) is 0 Å². The maximum atomic E-state index is 12.3. The summed E-state index contributed by atoms with van der Waals surface area (Å²) >= 11 is 0. The van der Waals surface area contributed by atoms with Gasteiger partial charge in [0.15, 0.2) is 5.78 Å². The largest absolute Gasteiger partial charge is 0.316 e. The van der Waals surface area contributed by atoms with Gasteiger partial charge in [-0.15, -0.1) is 12.4 Å². The third kappa shape index (κ3) is 3.08. The maximum Gasteiger partial charge on any atom is 0.167 e. The van der Waals surface area contributed by atoms with Gasteiger partial charge in [0, 0.05) is 18.0 Å². The molecule has 1 aromatic carbocycles. The molecule has 1 aliphatic heterocycles. The summed E-state index contributed by atoms with van der Waals surface area (Å²) in [5.74, 6) is 1.49. The van der Waals surface area contributed by atoms with Crippen molar-refractivity contribution in [2.45, 2.75) is 13.8 Å². The van der Waals surface area contributed by atoms with Gasteiger partial charge in [0.1, 0.15) is 0 Å². The summed E-state index contributed by atoms with van der Waals surface area (Å²) in [6.45, 7) is 6.20. The van der Waals surface area contributed by atoms with Gasteiger partial charge in [0.25, 0.3) is 0 Å². The molecule has 1 aliphatic rings. The first-order chi connectivity index (χ1) is 7.70. The standard InChI is InChI=1S/C14H19NO.ClH/c1-10(2)12-8-15-9-13(12)14(16)11-6-4-3-5-7-11;/h3-7,10,12-13,15H,8-9H2,1-2H3;1H. The molecule has 3 heteroatoms. The number of carbonyl (C=O) groups excluding carboxylic acids is 1. The van der Waals surface area contributed by atoms with Gasteiger partial charge in [0.2, 0.25) is 0 Å². The molecule has 2 unspecified atom stereocenters. The molecule has 1 N–H and O–H groups in total. The summed E-state index contributed by atoms with van der Waals surface area (Å²) in [6, 6.07) is 9.64. The molecule has 2 nitrogen and oxygen atoms in total. The monoisotopic (exact) mass is 253 g/mol. The number of Topliss-reactive ketones (excluding diaryl/α,β-unsaturated/α-hetero) is 1. The fraction of sp³-hybridized carbons (Fsp3) is 0.500. The van der Waals surface area contributed by atoms with E-state index in [9.17, 15) is 4.79 Å². The molecular formula is C14H20ClNO. The molecule has 2 rings (SSSR count). The molecule has 1 heterocycles. The van der Waals surface area contributed by atoms with Crippen molar-refractivity contribution in [2.75, 3.05) is 13.1 Å². The van der Waals surface area contributed by atoms with Crippen LogP contribution in [0.25, 0.3) is 0 Å². The van der Waals surface area contributed by atoms with Crippen molar-refractivity contribution in [1.82, 2.24) is 5.32 Å². The Morgan fingerprint density at radius 2 is 1.88 bits per heavy atom. The van der Waals surface area contributed by atoms with Gasteiger partial charge in [-0.2, -0.15) is 0 Å². The van der Waals surface area contributed by atoms with E-state index in [1.54, 1.807) is 0 Å². The molecule has 0 spiro atoms. The second-order valence-corrected chi connectivity index (χ2v) is 4.90. The van der Waals surface area contributed by atoms with E-state index in [4.69, 9.17) is 0 Å². The van der Waals surface area contributed by atoms with Crippen LogP contribution in [0.3, 0.4) is 0 Å². The first-order valence-electron chi connectivity index (χ1n) is 6.00. The topological polar surface area (TPSA) is 29.1 Å². The lowest BCUT2D eigenvalue weighted by Gasteiger charge is -2.20. The Balaban J connectivity index is 0.00000144. The predicted octanol–water partition coefficient (Wildman–Crippen LogP) is 2.78. The van der Waals surface area contributed by atoms with Crippen LogP contribution in [0.1, 0.15) is 24.2 Å². The number of nitrogens with one attached hydrogen (secondary N) is 1. The zero-order chi connectivity index (χ0) is 11.5. The third-order valence-electron chi connectivity index (χ3n) is 3.51. The molecule has 0 bridgehead atoms. The molecule has 94 valence electrons.